The number of hydrogen-bond acceptors (Lipinski definition) is 5. The van der Waals surface area contributed by atoms with E-state index >= 15 is 0 Å². The second kappa shape index (κ2) is 5.14. The van der Waals surface area contributed by atoms with Gasteiger partial charge in [0, 0.05) is 15.8 Å². The average Bonchev–Trinajstić information content (AvgIpc) is 2.72. The van der Waals surface area contributed by atoms with Crippen LogP contribution in [0.15, 0.2) is 18.2 Å². The number of anilines is 1. The van der Waals surface area contributed by atoms with Crippen LogP contribution in [0.4, 0.5) is 5.82 Å². The molecule has 0 aromatic carbocycles. The fourth-order valence-corrected chi connectivity index (χ4v) is 2.32. The van der Waals surface area contributed by atoms with E-state index < -0.39 is 0 Å². The smallest absolute Gasteiger partial charge is 0.218 e. The Hall–Kier alpha value is -1.62. The van der Waals surface area contributed by atoms with Gasteiger partial charge in [-0.05, 0) is 26.0 Å². The molecule has 0 saturated heterocycles. The summed E-state index contributed by atoms with van der Waals surface area (Å²) in [5, 5.41) is 3.27. The first-order valence-electron chi connectivity index (χ1n) is 5.36. The number of aryl methyl sites for hydroxylation is 2. The fraction of sp³-hybridized carbons (Fsp3) is 0.333. The van der Waals surface area contributed by atoms with E-state index in [1.165, 1.54) is 9.75 Å². The molecule has 0 amide bonds. The number of rotatable bonds is 4. The van der Waals surface area contributed by atoms with Crippen molar-refractivity contribution in [3.8, 4) is 5.88 Å². The third-order valence-electron chi connectivity index (χ3n) is 2.26. The maximum Gasteiger partial charge on any atom is 0.218 e. The highest BCUT2D eigenvalue weighted by Gasteiger charge is 2.02. The van der Waals surface area contributed by atoms with Gasteiger partial charge in [0.1, 0.15) is 11.6 Å². The minimum atomic E-state index is 0.586. The van der Waals surface area contributed by atoms with Gasteiger partial charge in [-0.25, -0.2) is 4.98 Å². The molecule has 0 unspecified atom stereocenters. The van der Waals surface area contributed by atoms with Gasteiger partial charge >= 0.3 is 0 Å². The summed E-state index contributed by atoms with van der Waals surface area (Å²) in [4.78, 5) is 11.1. The molecular formula is C12H15N3OS. The second-order valence-corrected chi connectivity index (χ2v) is 5.08. The first kappa shape index (κ1) is 11.9. The first-order chi connectivity index (χ1) is 8.17. The van der Waals surface area contributed by atoms with Crippen molar-refractivity contribution >= 4 is 17.2 Å². The predicted molar refractivity (Wildman–Crippen MR) is 69.7 cm³/mol. The normalized spacial score (nSPS) is 10.3. The van der Waals surface area contributed by atoms with Crippen molar-refractivity contribution in [1.29, 1.82) is 0 Å². The molecule has 0 saturated carbocycles. The van der Waals surface area contributed by atoms with Crippen molar-refractivity contribution in [3.63, 3.8) is 0 Å². The fourth-order valence-electron chi connectivity index (χ4n) is 1.49. The number of methoxy groups -OCH3 is 1. The molecule has 4 nitrogen and oxygen atoms in total. The van der Waals surface area contributed by atoms with Crippen molar-refractivity contribution in [2.75, 3.05) is 12.4 Å². The Morgan fingerprint density at radius 2 is 2.12 bits per heavy atom. The zero-order valence-corrected chi connectivity index (χ0v) is 11.0. The summed E-state index contributed by atoms with van der Waals surface area (Å²) in [7, 11) is 1.61. The Bertz CT molecular complexity index is 510. The van der Waals surface area contributed by atoms with Crippen LogP contribution in [0.2, 0.25) is 0 Å². The van der Waals surface area contributed by atoms with Crippen molar-refractivity contribution in [2.24, 2.45) is 0 Å². The molecular weight excluding hydrogens is 234 g/mol. The Balaban J connectivity index is 2.05. The molecule has 0 bridgehead atoms. The molecule has 0 radical (unpaired) electrons. The number of thiophene rings is 1. The maximum absolute atomic E-state index is 5.10. The Morgan fingerprint density at radius 1 is 1.29 bits per heavy atom. The van der Waals surface area contributed by atoms with Crippen LogP contribution in [0.25, 0.3) is 0 Å². The van der Waals surface area contributed by atoms with Gasteiger partial charge in [-0.3, -0.25) is 0 Å². The number of aromatic nitrogens is 2. The number of ether oxygens (including phenoxy) is 1. The first-order valence-corrected chi connectivity index (χ1v) is 6.18. The standard InChI is InChI=1S/C12H15N3OS/c1-8-4-5-10(17-8)7-13-11-6-12(16-3)15-9(2)14-11/h4-6H,7H2,1-3H3,(H,13,14,15). The monoisotopic (exact) mass is 249 g/mol. The third-order valence-corrected chi connectivity index (χ3v) is 3.26. The van der Waals surface area contributed by atoms with E-state index in [0.29, 0.717) is 11.7 Å². The number of nitrogens with zero attached hydrogens (tertiary/aromatic N) is 2. The Morgan fingerprint density at radius 3 is 2.76 bits per heavy atom. The molecule has 0 atom stereocenters. The van der Waals surface area contributed by atoms with Crippen LogP contribution in [0, 0.1) is 13.8 Å². The minimum absolute atomic E-state index is 0.586. The van der Waals surface area contributed by atoms with E-state index in [9.17, 15) is 0 Å². The lowest BCUT2D eigenvalue weighted by atomic mass is 10.4. The van der Waals surface area contributed by atoms with E-state index in [1.807, 2.05) is 6.92 Å². The number of hydrogen-bond donors (Lipinski definition) is 1. The van der Waals surface area contributed by atoms with Gasteiger partial charge in [-0.2, -0.15) is 4.98 Å². The summed E-state index contributed by atoms with van der Waals surface area (Å²) in [6.45, 7) is 4.73. The molecule has 0 aliphatic heterocycles. The van der Waals surface area contributed by atoms with Crippen molar-refractivity contribution < 1.29 is 4.74 Å². The molecule has 2 rings (SSSR count). The van der Waals surface area contributed by atoms with Crippen LogP contribution in [-0.4, -0.2) is 17.1 Å². The largest absolute Gasteiger partial charge is 0.481 e. The van der Waals surface area contributed by atoms with E-state index in [1.54, 1.807) is 24.5 Å². The zero-order valence-electron chi connectivity index (χ0n) is 10.2. The maximum atomic E-state index is 5.10. The lowest BCUT2D eigenvalue weighted by molar-refractivity contribution is 0.396. The van der Waals surface area contributed by atoms with Crippen LogP contribution in [-0.2, 0) is 6.54 Å². The molecule has 0 fully saturated rings. The SMILES string of the molecule is COc1cc(NCc2ccc(C)s2)nc(C)n1. The lowest BCUT2D eigenvalue weighted by Crippen LogP contribution is -2.03. The molecule has 2 heterocycles. The molecule has 2 aromatic rings. The van der Waals surface area contributed by atoms with Gasteiger partial charge in [-0.15, -0.1) is 11.3 Å². The van der Waals surface area contributed by atoms with Gasteiger partial charge in [0.15, 0.2) is 0 Å². The van der Waals surface area contributed by atoms with Gasteiger partial charge in [0.2, 0.25) is 5.88 Å². The molecule has 2 aromatic heterocycles. The van der Waals surface area contributed by atoms with E-state index in [4.69, 9.17) is 4.74 Å². The summed E-state index contributed by atoms with van der Waals surface area (Å²) < 4.78 is 5.10. The van der Waals surface area contributed by atoms with Gasteiger partial charge in [0.05, 0.1) is 13.7 Å². The van der Waals surface area contributed by atoms with Crippen LogP contribution in [0.5, 0.6) is 5.88 Å². The highest BCUT2D eigenvalue weighted by Crippen LogP contribution is 2.18. The van der Waals surface area contributed by atoms with Crippen LogP contribution < -0.4 is 10.1 Å². The van der Waals surface area contributed by atoms with Crippen molar-refractivity contribution in [3.05, 3.63) is 33.8 Å². The quantitative estimate of drug-likeness (QED) is 0.905. The minimum Gasteiger partial charge on any atom is -0.481 e. The summed E-state index contributed by atoms with van der Waals surface area (Å²) in [5.74, 6) is 2.08. The summed E-state index contributed by atoms with van der Waals surface area (Å²) in [6.07, 6.45) is 0. The van der Waals surface area contributed by atoms with Gasteiger partial charge in [-0.1, -0.05) is 0 Å². The molecule has 1 N–H and O–H groups in total. The Kier molecular flexibility index (Phi) is 3.58. The van der Waals surface area contributed by atoms with Crippen molar-refractivity contribution in [2.45, 2.75) is 20.4 Å². The van der Waals surface area contributed by atoms with Gasteiger partial charge < -0.3 is 10.1 Å². The Labute approximate surface area is 105 Å². The third kappa shape index (κ3) is 3.17. The molecule has 0 aliphatic carbocycles. The molecule has 90 valence electrons. The molecule has 17 heavy (non-hydrogen) atoms. The zero-order chi connectivity index (χ0) is 12.3. The summed E-state index contributed by atoms with van der Waals surface area (Å²) in [5.41, 5.74) is 0. The summed E-state index contributed by atoms with van der Waals surface area (Å²) >= 11 is 1.78. The highest BCUT2D eigenvalue weighted by atomic mass is 32.1. The van der Waals surface area contributed by atoms with Crippen molar-refractivity contribution in [1.82, 2.24) is 9.97 Å². The number of nitrogens with one attached hydrogen (secondary N) is 1. The van der Waals surface area contributed by atoms with E-state index in [-0.39, 0.29) is 0 Å². The molecule has 0 spiro atoms. The lowest BCUT2D eigenvalue weighted by Gasteiger charge is -2.06. The van der Waals surface area contributed by atoms with Crippen LogP contribution >= 0.6 is 11.3 Å². The van der Waals surface area contributed by atoms with Crippen LogP contribution in [0.3, 0.4) is 0 Å². The topological polar surface area (TPSA) is 47.0 Å². The van der Waals surface area contributed by atoms with Gasteiger partial charge in [0.25, 0.3) is 0 Å². The van der Waals surface area contributed by atoms with Crippen LogP contribution in [0.1, 0.15) is 15.6 Å². The van der Waals surface area contributed by atoms with E-state index in [2.05, 4.69) is 34.3 Å². The molecule has 5 heteroatoms. The average molecular weight is 249 g/mol. The second-order valence-electron chi connectivity index (χ2n) is 3.71. The predicted octanol–water partition coefficient (Wildman–Crippen LogP) is 2.78. The molecule has 0 aliphatic rings. The summed E-state index contributed by atoms with van der Waals surface area (Å²) in [6, 6.07) is 6.04. The van der Waals surface area contributed by atoms with E-state index in [0.717, 1.165) is 12.4 Å². The highest BCUT2D eigenvalue weighted by molar-refractivity contribution is 7.11.